The van der Waals surface area contributed by atoms with Crippen molar-refractivity contribution in [2.75, 3.05) is 24.2 Å². The predicted molar refractivity (Wildman–Crippen MR) is 88.6 cm³/mol. The third-order valence-electron chi connectivity index (χ3n) is 4.02. The number of piperidine rings is 1. The van der Waals surface area contributed by atoms with Crippen LogP contribution in [0.25, 0.3) is 0 Å². The van der Waals surface area contributed by atoms with Gasteiger partial charge in [-0.3, -0.25) is 4.79 Å². The Hall–Kier alpha value is -1.11. The Labute approximate surface area is 136 Å². The maximum Gasteiger partial charge on any atom is 0.227 e. The Kier molecular flexibility index (Phi) is 5.47. The Bertz CT molecular complexity index is 653. The Morgan fingerprint density at radius 1 is 1.36 bits per heavy atom. The lowest BCUT2D eigenvalue weighted by Gasteiger charge is -2.30. The van der Waals surface area contributed by atoms with Crippen LogP contribution in [0.3, 0.4) is 0 Å². The molecule has 0 saturated carbocycles. The molecule has 0 atom stereocenters. The third-order valence-corrected chi connectivity index (χ3v) is 6.31. The number of carbonyl (C=O) groups excluding carboxylic acids is 1. The van der Waals surface area contributed by atoms with Gasteiger partial charge >= 0.3 is 0 Å². The van der Waals surface area contributed by atoms with Crippen molar-refractivity contribution in [3.05, 3.63) is 28.8 Å². The number of benzene rings is 1. The van der Waals surface area contributed by atoms with E-state index in [1.165, 1.54) is 4.31 Å². The highest BCUT2D eigenvalue weighted by Crippen LogP contribution is 2.24. The van der Waals surface area contributed by atoms with E-state index in [0.29, 0.717) is 36.6 Å². The fourth-order valence-electron chi connectivity index (χ4n) is 2.49. The molecule has 1 saturated heterocycles. The van der Waals surface area contributed by atoms with E-state index < -0.39 is 10.0 Å². The lowest BCUT2D eigenvalue weighted by molar-refractivity contribution is -0.120. The number of anilines is 1. The predicted octanol–water partition coefficient (Wildman–Crippen LogP) is 2.65. The molecular formula is C15H21ClN2O3S. The summed E-state index contributed by atoms with van der Waals surface area (Å²) in [7, 11) is -3.16. The van der Waals surface area contributed by atoms with Crippen molar-refractivity contribution >= 4 is 33.2 Å². The number of amides is 1. The van der Waals surface area contributed by atoms with Gasteiger partial charge in [-0.25, -0.2) is 12.7 Å². The number of rotatable bonds is 4. The van der Waals surface area contributed by atoms with Gasteiger partial charge in [0.2, 0.25) is 15.9 Å². The number of aryl methyl sites for hydroxylation is 1. The highest BCUT2D eigenvalue weighted by Gasteiger charge is 2.30. The quantitative estimate of drug-likeness (QED) is 0.913. The SMILES string of the molecule is CCS(=O)(=O)N1CCC(C(=O)Nc2ccc(C)c(Cl)c2)CC1. The number of carbonyl (C=O) groups is 1. The van der Waals surface area contributed by atoms with E-state index >= 15 is 0 Å². The van der Waals surface area contributed by atoms with Gasteiger partial charge in [-0.15, -0.1) is 0 Å². The summed E-state index contributed by atoms with van der Waals surface area (Å²) in [6.45, 7) is 4.35. The standard InChI is InChI=1S/C15H21ClN2O3S/c1-3-22(20,21)18-8-6-12(7-9-18)15(19)17-13-5-4-11(2)14(16)10-13/h4-5,10,12H,3,6-9H2,1-2H3,(H,17,19). The normalized spacial score (nSPS) is 17.4. The van der Waals surface area contributed by atoms with Crippen molar-refractivity contribution in [1.82, 2.24) is 4.31 Å². The summed E-state index contributed by atoms with van der Waals surface area (Å²) in [4.78, 5) is 12.3. The molecule has 1 aliphatic rings. The first-order chi connectivity index (χ1) is 10.3. The molecule has 1 fully saturated rings. The van der Waals surface area contributed by atoms with Crippen LogP contribution >= 0.6 is 11.6 Å². The van der Waals surface area contributed by atoms with Gasteiger partial charge in [0.15, 0.2) is 0 Å². The van der Waals surface area contributed by atoms with Crippen molar-refractivity contribution in [2.24, 2.45) is 5.92 Å². The van der Waals surface area contributed by atoms with Gasteiger partial charge in [0.05, 0.1) is 5.75 Å². The van der Waals surface area contributed by atoms with Gasteiger partial charge in [-0.05, 0) is 44.4 Å². The fraction of sp³-hybridized carbons (Fsp3) is 0.533. The highest BCUT2D eigenvalue weighted by atomic mass is 35.5. The van der Waals surface area contributed by atoms with Crippen molar-refractivity contribution in [3.8, 4) is 0 Å². The van der Waals surface area contributed by atoms with Crippen LogP contribution in [0.4, 0.5) is 5.69 Å². The molecule has 1 aromatic rings. The van der Waals surface area contributed by atoms with Crippen molar-refractivity contribution < 1.29 is 13.2 Å². The minimum Gasteiger partial charge on any atom is -0.326 e. The highest BCUT2D eigenvalue weighted by molar-refractivity contribution is 7.89. The minimum atomic E-state index is -3.16. The first kappa shape index (κ1) is 17.2. The molecule has 0 radical (unpaired) electrons. The van der Waals surface area contributed by atoms with Crippen molar-refractivity contribution in [3.63, 3.8) is 0 Å². The monoisotopic (exact) mass is 344 g/mol. The number of sulfonamides is 1. The molecule has 1 aliphatic heterocycles. The van der Waals surface area contributed by atoms with Crippen LogP contribution in [0, 0.1) is 12.8 Å². The second-order valence-electron chi connectivity index (χ2n) is 5.53. The molecule has 122 valence electrons. The smallest absolute Gasteiger partial charge is 0.227 e. The maximum absolute atomic E-state index is 12.3. The molecule has 0 aliphatic carbocycles. The van der Waals surface area contributed by atoms with Gasteiger partial charge in [0.25, 0.3) is 0 Å². The second kappa shape index (κ2) is 6.98. The summed E-state index contributed by atoms with van der Waals surface area (Å²) < 4.78 is 25.1. The van der Waals surface area contributed by atoms with Crippen LogP contribution in [-0.2, 0) is 14.8 Å². The first-order valence-electron chi connectivity index (χ1n) is 7.38. The average Bonchev–Trinajstić information content (AvgIpc) is 2.51. The third kappa shape index (κ3) is 4.00. The van der Waals surface area contributed by atoms with E-state index in [-0.39, 0.29) is 17.6 Å². The van der Waals surface area contributed by atoms with E-state index in [2.05, 4.69) is 5.32 Å². The van der Waals surface area contributed by atoms with E-state index in [4.69, 9.17) is 11.6 Å². The molecule has 1 N–H and O–H groups in total. The van der Waals surface area contributed by atoms with Crippen molar-refractivity contribution in [1.29, 1.82) is 0 Å². The zero-order valence-electron chi connectivity index (χ0n) is 12.8. The van der Waals surface area contributed by atoms with Crippen LogP contribution in [0.1, 0.15) is 25.3 Å². The Morgan fingerprint density at radius 2 is 2.00 bits per heavy atom. The second-order valence-corrected chi connectivity index (χ2v) is 8.19. The summed E-state index contributed by atoms with van der Waals surface area (Å²) in [6, 6.07) is 5.40. The summed E-state index contributed by atoms with van der Waals surface area (Å²) in [6.07, 6.45) is 1.09. The zero-order chi connectivity index (χ0) is 16.3. The Balaban J connectivity index is 1.94. The number of hydrogen-bond donors (Lipinski definition) is 1. The number of halogens is 1. The zero-order valence-corrected chi connectivity index (χ0v) is 14.4. The fourth-order valence-corrected chi connectivity index (χ4v) is 3.81. The van der Waals surface area contributed by atoms with Crippen LogP contribution < -0.4 is 5.32 Å². The summed E-state index contributed by atoms with van der Waals surface area (Å²) in [5.41, 5.74) is 1.63. The minimum absolute atomic E-state index is 0.0755. The largest absolute Gasteiger partial charge is 0.326 e. The summed E-state index contributed by atoms with van der Waals surface area (Å²) in [5, 5.41) is 3.47. The van der Waals surface area contributed by atoms with Crippen LogP contribution in [0.15, 0.2) is 18.2 Å². The number of hydrogen-bond acceptors (Lipinski definition) is 3. The summed E-state index contributed by atoms with van der Waals surface area (Å²) in [5.74, 6) is -0.136. The molecule has 0 unspecified atom stereocenters. The van der Waals surface area contributed by atoms with Gasteiger partial charge in [-0.2, -0.15) is 0 Å². The number of nitrogens with zero attached hydrogens (tertiary/aromatic N) is 1. The Morgan fingerprint density at radius 3 is 2.55 bits per heavy atom. The lowest BCUT2D eigenvalue weighted by Crippen LogP contribution is -2.42. The van der Waals surface area contributed by atoms with E-state index in [0.717, 1.165) is 5.56 Å². The van der Waals surface area contributed by atoms with Crippen LogP contribution in [0.2, 0.25) is 5.02 Å². The van der Waals surface area contributed by atoms with Crippen LogP contribution in [0.5, 0.6) is 0 Å². The molecule has 1 amide bonds. The van der Waals surface area contributed by atoms with Crippen LogP contribution in [-0.4, -0.2) is 37.5 Å². The molecule has 0 bridgehead atoms. The molecular weight excluding hydrogens is 324 g/mol. The maximum atomic E-state index is 12.3. The molecule has 2 rings (SSSR count). The van der Waals surface area contributed by atoms with E-state index in [1.807, 2.05) is 19.1 Å². The molecule has 5 nitrogen and oxygen atoms in total. The molecule has 22 heavy (non-hydrogen) atoms. The average molecular weight is 345 g/mol. The molecule has 1 heterocycles. The number of nitrogens with one attached hydrogen (secondary N) is 1. The molecule has 0 spiro atoms. The van der Waals surface area contributed by atoms with Gasteiger partial charge in [-0.1, -0.05) is 17.7 Å². The molecule has 7 heteroatoms. The molecule has 1 aromatic carbocycles. The van der Waals surface area contributed by atoms with Crippen molar-refractivity contribution in [2.45, 2.75) is 26.7 Å². The van der Waals surface area contributed by atoms with Gasteiger partial charge in [0, 0.05) is 29.7 Å². The summed E-state index contributed by atoms with van der Waals surface area (Å²) >= 11 is 6.04. The first-order valence-corrected chi connectivity index (χ1v) is 9.37. The molecule has 0 aromatic heterocycles. The topological polar surface area (TPSA) is 66.5 Å². The lowest BCUT2D eigenvalue weighted by atomic mass is 9.97. The van der Waals surface area contributed by atoms with E-state index in [1.54, 1.807) is 13.0 Å². The van der Waals surface area contributed by atoms with Gasteiger partial charge < -0.3 is 5.32 Å². The van der Waals surface area contributed by atoms with E-state index in [9.17, 15) is 13.2 Å². The van der Waals surface area contributed by atoms with Gasteiger partial charge in [0.1, 0.15) is 0 Å².